The number of hydrogen-bond donors (Lipinski definition) is 0. The highest BCUT2D eigenvalue weighted by Crippen LogP contribution is 2.23. The molecule has 136 valence electrons. The lowest BCUT2D eigenvalue weighted by atomic mass is 10.1. The quantitative estimate of drug-likeness (QED) is 0.754. The maximum absolute atomic E-state index is 12.4. The van der Waals surface area contributed by atoms with Gasteiger partial charge in [-0.25, -0.2) is 4.98 Å². The van der Waals surface area contributed by atoms with Crippen LogP contribution < -0.4 is 9.64 Å². The summed E-state index contributed by atoms with van der Waals surface area (Å²) in [5, 5.41) is 0.458. The van der Waals surface area contributed by atoms with E-state index in [1.807, 2.05) is 18.2 Å². The van der Waals surface area contributed by atoms with E-state index in [1.54, 1.807) is 29.3 Å². The number of nitrogens with zero attached hydrogens (tertiary/aromatic N) is 3. The van der Waals surface area contributed by atoms with E-state index in [0.717, 1.165) is 18.9 Å². The number of benzene rings is 1. The van der Waals surface area contributed by atoms with Gasteiger partial charge >= 0.3 is 0 Å². The number of carbonyl (C=O) groups is 2. The highest BCUT2D eigenvalue weighted by atomic mass is 35.5. The number of Topliss-reactive ketones (excluding diaryl/α,β-unsaturated/α-hetero) is 1. The Morgan fingerprint density at radius 1 is 1.15 bits per heavy atom. The lowest BCUT2D eigenvalue weighted by molar-refractivity contribution is -0.133. The van der Waals surface area contributed by atoms with Gasteiger partial charge in [-0.2, -0.15) is 0 Å². The summed E-state index contributed by atoms with van der Waals surface area (Å²) in [6.07, 6.45) is 1.76. The summed E-state index contributed by atoms with van der Waals surface area (Å²) < 4.78 is 5.58. The van der Waals surface area contributed by atoms with Crippen molar-refractivity contribution >= 4 is 29.1 Å². The van der Waals surface area contributed by atoms with Crippen LogP contribution >= 0.6 is 11.6 Å². The molecule has 0 saturated carbocycles. The molecule has 0 radical (unpaired) electrons. The van der Waals surface area contributed by atoms with E-state index >= 15 is 0 Å². The van der Waals surface area contributed by atoms with Gasteiger partial charge in [-0.1, -0.05) is 17.7 Å². The molecule has 0 bridgehead atoms. The standard InChI is InChI=1S/C19H20ClN3O3/c1-14(24)16-12-15(20)5-6-17(16)26-13-19(25)23-10-8-22(9-11-23)18-4-2-3-7-21-18/h2-7,12H,8-11,13H2,1H3. The van der Waals surface area contributed by atoms with E-state index in [-0.39, 0.29) is 18.3 Å². The van der Waals surface area contributed by atoms with E-state index in [2.05, 4.69) is 9.88 Å². The number of piperazine rings is 1. The Labute approximate surface area is 157 Å². The largest absolute Gasteiger partial charge is 0.483 e. The van der Waals surface area contributed by atoms with Crippen molar-refractivity contribution in [2.45, 2.75) is 6.92 Å². The molecule has 26 heavy (non-hydrogen) atoms. The van der Waals surface area contributed by atoms with Gasteiger partial charge in [-0.05, 0) is 37.3 Å². The minimum atomic E-state index is -0.154. The molecule has 1 aliphatic rings. The van der Waals surface area contributed by atoms with Crippen molar-refractivity contribution in [3.8, 4) is 5.75 Å². The SMILES string of the molecule is CC(=O)c1cc(Cl)ccc1OCC(=O)N1CCN(c2ccccn2)CC1. The molecule has 1 fully saturated rings. The van der Waals surface area contributed by atoms with Gasteiger partial charge in [0.05, 0.1) is 5.56 Å². The van der Waals surface area contributed by atoms with Gasteiger partial charge in [-0.3, -0.25) is 9.59 Å². The van der Waals surface area contributed by atoms with Gasteiger partial charge in [-0.15, -0.1) is 0 Å². The predicted octanol–water partition coefficient (Wildman–Crippen LogP) is 2.67. The summed E-state index contributed by atoms with van der Waals surface area (Å²) in [4.78, 5) is 32.4. The Bertz CT molecular complexity index is 790. The first-order valence-corrected chi connectivity index (χ1v) is 8.79. The normalized spacial score (nSPS) is 14.2. The van der Waals surface area contributed by atoms with Crippen molar-refractivity contribution < 1.29 is 14.3 Å². The molecule has 0 N–H and O–H groups in total. The van der Waals surface area contributed by atoms with Crippen LogP contribution in [0.25, 0.3) is 0 Å². The molecule has 6 nitrogen and oxygen atoms in total. The van der Waals surface area contributed by atoms with Crippen molar-refractivity contribution in [1.29, 1.82) is 0 Å². The molecule has 1 aromatic heterocycles. The van der Waals surface area contributed by atoms with Crippen LogP contribution in [0.5, 0.6) is 5.75 Å². The molecule has 1 saturated heterocycles. The monoisotopic (exact) mass is 373 g/mol. The Morgan fingerprint density at radius 3 is 2.58 bits per heavy atom. The maximum Gasteiger partial charge on any atom is 0.260 e. The van der Waals surface area contributed by atoms with E-state index in [1.165, 1.54) is 6.92 Å². The van der Waals surface area contributed by atoms with Crippen LogP contribution in [0.2, 0.25) is 5.02 Å². The number of amides is 1. The molecular formula is C19H20ClN3O3. The van der Waals surface area contributed by atoms with E-state index in [0.29, 0.717) is 29.4 Å². The molecule has 0 atom stereocenters. The van der Waals surface area contributed by atoms with Crippen molar-refractivity contribution in [3.63, 3.8) is 0 Å². The van der Waals surface area contributed by atoms with Gasteiger partial charge in [0, 0.05) is 37.4 Å². The third kappa shape index (κ3) is 4.32. The Hall–Kier alpha value is -2.60. The number of ether oxygens (including phenoxy) is 1. The van der Waals surface area contributed by atoms with Gasteiger partial charge in [0.1, 0.15) is 11.6 Å². The smallest absolute Gasteiger partial charge is 0.260 e. The van der Waals surface area contributed by atoms with E-state index < -0.39 is 0 Å². The van der Waals surface area contributed by atoms with E-state index in [9.17, 15) is 9.59 Å². The fraction of sp³-hybridized carbons (Fsp3) is 0.316. The van der Waals surface area contributed by atoms with Crippen molar-refractivity contribution in [2.24, 2.45) is 0 Å². The molecular weight excluding hydrogens is 354 g/mol. The van der Waals surface area contributed by atoms with Crippen LogP contribution in [-0.2, 0) is 4.79 Å². The second kappa shape index (κ2) is 8.19. The summed E-state index contributed by atoms with van der Waals surface area (Å²) >= 11 is 5.92. The molecule has 0 spiro atoms. The summed E-state index contributed by atoms with van der Waals surface area (Å²) in [5.41, 5.74) is 0.380. The van der Waals surface area contributed by atoms with Crippen LogP contribution in [0.15, 0.2) is 42.6 Å². The number of carbonyl (C=O) groups excluding carboxylic acids is 2. The number of aromatic nitrogens is 1. The summed E-state index contributed by atoms with van der Waals surface area (Å²) in [6.45, 7) is 4.01. The number of ketones is 1. The van der Waals surface area contributed by atoms with Crippen LogP contribution in [0.1, 0.15) is 17.3 Å². The molecule has 3 rings (SSSR count). The van der Waals surface area contributed by atoms with Crippen molar-refractivity contribution in [3.05, 3.63) is 53.2 Å². The number of rotatable bonds is 5. The van der Waals surface area contributed by atoms with Crippen LogP contribution in [0.3, 0.4) is 0 Å². The van der Waals surface area contributed by atoms with Crippen LogP contribution in [-0.4, -0.2) is 54.4 Å². The Kier molecular flexibility index (Phi) is 5.73. The van der Waals surface area contributed by atoms with Gasteiger partial charge in [0.2, 0.25) is 0 Å². The average molecular weight is 374 g/mol. The van der Waals surface area contributed by atoms with Crippen LogP contribution in [0.4, 0.5) is 5.82 Å². The minimum absolute atomic E-state index is 0.102. The Balaban J connectivity index is 1.55. The first-order valence-electron chi connectivity index (χ1n) is 8.41. The highest BCUT2D eigenvalue weighted by molar-refractivity contribution is 6.31. The second-order valence-corrected chi connectivity index (χ2v) is 6.48. The summed E-state index contributed by atoms with van der Waals surface area (Å²) in [5.74, 6) is 1.04. The summed E-state index contributed by atoms with van der Waals surface area (Å²) in [7, 11) is 0. The maximum atomic E-state index is 12.4. The van der Waals surface area contributed by atoms with Gasteiger partial charge < -0.3 is 14.5 Å². The molecule has 1 aromatic carbocycles. The molecule has 0 aliphatic carbocycles. The minimum Gasteiger partial charge on any atom is -0.483 e. The molecule has 1 amide bonds. The zero-order valence-corrected chi connectivity index (χ0v) is 15.3. The number of halogens is 1. The number of hydrogen-bond acceptors (Lipinski definition) is 5. The molecule has 1 aliphatic heterocycles. The van der Waals surface area contributed by atoms with Crippen molar-refractivity contribution in [1.82, 2.24) is 9.88 Å². The lowest BCUT2D eigenvalue weighted by Gasteiger charge is -2.35. The fourth-order valence-corrected chi connectivity index (χ4v) is 3.03. The molecule has 2 heterocycles. The summed E-state index contributed by atoms with van der Waals surface area (Å²) in [6, 6.07) is 10.6. The average Bonchev–Trinajstić information content (AvgIpc) is 2.67. The third-order valence-electron chi connectivity index (χ3n) is 4.28. The molecule has 0 unspecified atom stereocenters. The lowest BCUT2D eigenvalue weighted by Crippen LogP contribution is -2.50. The Morgan fingerprint density at radius 2 is 1.92 bits per heavy atom. The third-order valence-corrected chi connectivity index (χ3v) is 4.51. The van der Waals surface area contributed by atoms with Crippen molar-refractivity contribution in [2.75, 3.05) is 37.7 Å². The number of pyridine rings is 1. The van der Waals surface area contributed by atoms with Crippen LogP contribution in [0, 0.1) is 0 Å². The number of anilines is 1. The first-order chi connectivity index (χ1) is 12.5. The first kappa shape index (κ1) is 18.2. The zero-order valence-electron chi connectivity index (χ0n) is 14.5. The topological polar surface area (TPSA) is 62.7 Å². The molecule has 7 heteroatoms. The molecule has 2 aromatic rings. The van der Waals surface area contributed by atoms with Gasteiger partial charge in [0.15, 0.2) is 12.4 Å². The zero-order chi connectivity index (χ0) is 18.5. The van der Waals surface area contributed by atoms with Gasteiger partial charge in [0.25, 0.3) is 5.91 Å². The fourth-order valence-electron chi connectivity index (χ4n) is 2.86. The van der Waals surface area contributed by atoms with E-state index in [4.69, 9.17) is 16.3 Å². The second-order valence-electron chi connectivity index (χ2n) is 6.04. The highest BCUT2D eigenvalue weighted by Gasteiger charge is 2.22. The predicted molar refractivity (Wildman–Crippen MR) is 100.0 cm³/mol.